The molecule has 0 spiro atoms. The van der Waals surface area contributed by atoms with Crippen molar-refractivity contribution < 1.29 is 23.0 Å². The highest BCUT2D eigenvalue weighted by Crippen LogP contribution is 2.41. The third-order valence-corrected chi connectivity index (χ3v) is 5.78. The molecule has 3 heterocycles. The first kappa shape index (κ1) is 21.2. The van der Waals surface area contributed by atoms with Crippen LogP contribution in [0.4, 0.5) is 24.7 Å². The summed E-state index contributed by atoms with van der Waals surface area (Å²) >= 11 is 1.24. The smallest absolute Gasteiger partial charge is 0.420 e. The van der Waals surface area contributed by atoms with E-state index in [2.05, 4.69) is 19.7 Å². The molecule has 7 nitrogen and oxygen atoms in total. The molecule has 0 saturated heterocycles. The summed E-state index contributed by atoms with van der Waals surface area (Å²) < 4.78 is 54.1. The SMILES string of the molecule is OCCn1ccc2ncnc(Nc3ccc(Oc4cccc5sncc45)c(C(F)(F)F)c3)c21. The molecule has 0 bridgehead atoms. The van der Waals surface area contributed by atoms with Crippen LogP contribution in [0.5, 0.6) is 11.5 Å². The summed E-state index contributed by atoms with van der Waals surface area (Å²) in [6.07, 6.45) is -0.0172. The number of rotatable bonds is 6. The number of ether oxygens (including phenoxy) is 1. The lowest BCUT2D eigenvalue weighted by molar-refractivity contribution is -0.138. The first-order chi connectivity index (χ1) is 15.9. The second kappa shape index (κ2) is 8.34. The van der Waals surface area contributed by atoms with E-state index in [9.17, 15) is 18.3 Å². The monoisotopic (exact) mass is 471 g/mol. The van der Waals surface area contributed by atoms with E-state index in [1.807, 2.05) is 6.07 Å². The lowest BCUT2D eigenvalue weighted by Crippen LogP contribution is -2.09. The van der Waals surface area contributed by atoms with Gasteiger partial charge in [-0.15, -0.1) is 0 Å². The number of hydrogen-bond acceptors (Lipinski definition) is 7. The van der Waals surface area contributed by atoms with E-state index in [1.54, 1.807) is 35.2 Å². The molecule has 0 radical (unpaired) electrons. The number of halogens is 3. The number of nitrogens with one attached hydrogen (secondary N) is 1. The van der Waals surface area contributed by atoms with E-state index >= 15 is 0 Å². The largest absolute Gasteiger partial charge is 0.456 e. The molecule has 3 aromatic heterocycles. The third-order valence-electron chi connectivity index (χ3n) is 5.02. The molecule has 2 aromatic carbocycles. The summed E-state index contributed by atoms with van der Waals surface area (Å²) in [6.45, 7) is 0.198. The topological polar surface area (TPSA) is 85.1 Å². The van der Waals surface area contributed by atoms with Crippen LogP contribution in [-0.2, 0) is 12.7 Å². The van der Waals surface area contributed by atoms with Gasteiger partial charge in [-0.25, -0.2) is 9.97 Å². The first-order valence-electron chi connectivity index (χ1n) is 9.84. The van der Waals surface area contributed by atoms with Crippen molar-refractivity contribution in [2.45, 2.75) is 12.7 Å². The van der Waals surface area contributed by atoms with Crippen LogP contribution in [0.15, 0.2) is 61.2 Å². The van der Waals surface area contributed by atoms with E-state index in [1.165, 1.54) is 30.0 Å². The van der Waals surface area contributed by atoms with Gasteiger partial charge in [-0.05, 0) is 47.9 Å². The molecule has 168 valence electrons. The summed E-state index contributed by atoms with van der Waals surface area (Å²) in [4.78, 5) is 8.35. The average molecular weight is 471 g/mol. The third kappa shape index (κ3) is 4.08. The quantitative estimate of drug-likeness (QED) is 0.336. The van der Waals surface area contributed by atoms with Crippen LogP contribution in [-0.4, -0.2) is 30.6 Å². The molecule has 0 fully saturated rings. The molecule has 0 aliphatic rings. The van der Waals surface area contributed by atoms with Crippen molar-refractivity contribution in [1.82, 2.24) is 18.9 Å². The van der Waals surface area contributed by atoms with Gasteiger partial charge in [0, 0.05) is 18.4 Å². The second-order valence-electron chi connectivity index (χ2n) is 7.12. The lowest BCUT2D eigenvalue weighted by Gasteiger charge is -2.16. The predicted molar refractivity (Wildman–Crippen MR) is 119 cm³/mol. The number of fused-ring (bicyclic) bond motifs is 2. The highest BCUT2D eigenvalue weighted by molar-refractivity contribution is 7.13. The summed E-state index contributed by atoms with van der Waals surface area (Å²) in [6, 6.07) is 10.6. The first-order valence-corrected chi connectivity index (χ1v) is 10.6. The van der Waals surface area contributed by atoms with Gasteiger partial charge in [-0.3, -0.25) is 0 Å². The highest BCUT2D eigenvalue weighted by Gasteiger charge is 2.35. The Balaban J connectivity index is 1.53. The number of anilines is 2. The molecule has 11 heteroatoms. The van der Waals surface area contributed by atoms with Gasteiger partial charge in [0.15, 0.2) is 5.82 Å². The maximum atomic E-state index is 13.9. The fourth-order valence-electron chi connectivity index (χ4n) is 3.55. The fraction of sp³-hybridized carbons (Fsp3) is 0.136. The van der Waals surface area contributed by atoms with Crippen molar-refractivity contribution >= 4 is 44.2 Å². The molecule has 5 rings (SSSR count). The van der Waals surface area contributed by atoms with Gasteiger partial charge < -0.3 is 19.7 Å². The van der Waals surface area contributed by atoms with Crippen LogP contribution in [0.25, 0.3) is 21.1 Å². The minimum atomic E-state index is -4.65. The highest BCUT2D eigenvalue weighted by atomic mass is 32.1. The fourth-order valence-corrected chi connectivity index (χ4v) is 4.21. The lowest BCUT2D eigenvalue weighted by atomic mass is 10.1. The normalized spacial score (nSPS) is 11.9. The maximum absolute atomic E-state index is 13.9. The van der Waals surface area contributed by atoms with Crippen LogP contribution in [0.3, 0.4) is 0 Å². The Bertz CT molecular complexity index is 1450. The van der Waals surface area contributed by atoms with E-state index in [0.717, 1.165) is 10.8 Å². The molecule has 0 aliphatic carbocycles. The number of hydrogen-bond donors (Lipinski definition) is 2. The number of aliphatic hydroxyl groups is 1. The van der Waals surface area contributed by atoms with E-state index < -0.39 is 11.7 Å². The van der Waals surface area contributed by atoms with Crippen molar-refractivity contribution in [3.8, 4) is 11.5 Å². The Kier molecular flexibility index (Phi) is 5.35. The zero-order valence-electron chi connectivity index (χ0n) is 16.9. The molecular weight excluding hydrogens is 455 g/mol. The number of aliphatic hydroxyl groups excluding tert-OH is 1. The van der Waals surface area contributed by atoms with Crippen molar-refractivity contribution in [3.63, 3.8) is 0 Å². The molecule has 0 atom stereocenters. The Hall–Kier alpha value is -3.70. The maximum Gasteiger partial charge on any atom is 0.420 e. The minimum absolute atomic E-state index is 0.102. The minimum Gasteiger partial charge on any atom is -0.456 e. The summed E-state index contributed by atoms with van der Waals surface area (Å²) in [7, 11) is 0. The van der Waals surface area contributed by atoms with Gasteiger partial charge in [0.05, 0.1) is 28.4 Å². The van der Waals surface area contributed by atoms with Gasteiger partial charge in [-0.2, -0.15) is 17.5 Å². The van der Waals surface area contributed by atoms with Crippen LogP contribution >= 0.6 is 11.5 Å². The van der Waals surface area contributed by atoms with Crippen molar-refractivity contribution in [3.05, 3.63) is 66.7 Å². The number of benzene rings is 2. The summed E-state index contributed by atoms with van der Waals surface area (Å²) in [5.41, 5.74) is 0.442. The molecule has 2 N–H and O–H groups in total. The zero-order valence-corrected chi connectivity index (χ0v) is 17.7. The Labute approximate surface area is 189 Å². The van der Waals surface area contributed by atoms with Gasteiger partial charge in [0.2, 0.25) is 0 Å². The molecular formula is C22H16F3N5O2S. The van der Waals surface area contributed by atoms with Crippen molar-refractivity contribution in [1.29, 1.82) is 0 Å². The summed E-state index contributed by atoms with van der Waals surface area (Å²) in [5.74, 6) is 0.310. The molecule has 0 unspecified atom stereocenters. The number of alkyl halides is 3. The Morgan fingerprint density at radius 2 is 1.97 bits per heavy atom. The predicted octanol–water partition coefficient (Wildman–Crippen LogP) is 5.59. The number of nitrogens with zero attached hydrogens (tertiary/aromatic N) is 4. The average Bonchev–Trinajstić information content (AvgIpc) is 3.43. The van der Waals surface area contributed by atoms with Crippen molar-refractivity contribution in [2.24, 2.45) is 0 Å². The molecule has 0 saturated carbocycles. The van der Waals surface area contributed by atoms with Crippen LogP contribution < -0.4 is 10.1 Å². The molecule has 5 aromatic rings. The van der Waals surface area contributed by atoms with Crippen LogP contribution in [0, 0.1) is 0 Å². The van der Waals surface area contributed by atoms with Gasteiger partial charge >= 0.3 is 6.18 Å². The standard InChI is InChI=1S/C22H16F3N5O2S/c23-22(24,25)15-10-13(29-21-20-16(26-12-27-21)6-7-30(20)8-9-31)4-5-18(15)32-17-2-1-3-19-14(17)11-28-33-19/h1-7,10-12,31H,8-9H2,(H,26,27,29). The Morgan fingerprint density at radius 1 is 1.09 bits per heavy atom. The van der Waals surface area contributed by atoms with E-state index in [4.69, 9.17) is 4.74 Å². The summed E-state index contributed by atoms with van der Waals surface area (Å²) in [5, 5.41) is 12.9. The van der Waals surface area contributed by atoms with E-state index in [-0.39, 0.29) is 18.0 Å². The van der Waals surface area contributed by atoms with Gasteiger partial charge in [0.25, 0.3) is 0 Å². The van der Waals surface area contributed by atoms with Crippen LogP contribution in [0.2, 0.25) is 0 Å². The van der Waals surface area contributed by atoms with Crippen molar-refractivity contribution in [2.75, 3.05) is 11.9 Å². The zero-order chi connectivity index (χ0) is 23.0. The Morgan fingerprint density at radius 3 is 2.79 bits per heavy atom. The van der Waals surface area contributed by atoms with Gasteiger partial charge in [-0.1, -0.05) is 6.07 Å². The number of aromatic nitrogens is 4. The van der Waals surface area contributed by atoms with E-state index in [0.29, 0.717) is 34.5 Å². The molecule has 0 aliphatic heterocycles. The van der Waals surface area contributed by atoms with Crippen LogP contribution in [0.1, 0.15) is 5.56 Å². The molecule has 0 amide bonds. The van der Waals surface area contributed by atoms with Gasteiger partial charge in [0.1, 0.15) is 28.9 Å². The second-order valence-corrected chi connectivity index (χ2v) is 7.95. The molecule has 33 heavy (non-hydrogen) atoms.